The molecule has 2 heterocycles. The lowest BCUT2D eigenvalue weighted by atomic mass is 10.1. The molecule has 1 saturated heterocycles. The maximum Gasteiger partial charge on any atom is 0.126 e. The number of nitrogens with one attached hydrogen (secondary N) is 1. The summed E-state index contributed by atoms with van der Waals surface area (Å²) in [5.74, 6) is 0.836. The molecule has 118 valence electrons. The van der Waals surface area contributed by atoms with Crippen molar-refractivity contribution in [2.24, 2.45) is 0 Å². The van der Waals surface area contributed by atoms with Crippen LogP contribution in [0, 0.1) is 0 Å². The first-order valence-electron chi connectivity index (χ1n) is 7.34. The molecule has 1 unspecified atom stereocenters. The van der Waals surface area contributed by atoms with E-state index in [1.54, 1.807) is 0 Å². The van der Waals surface area contributed by atoms with Crippen LogP contribution in [-0.2, 0) is 11.3 Å². The number of aliphatic hydroxyl groups is 1. The molecule has 0 aliphatic carbocycles. The number of aromatic nitrogens is 1. The molecule has 2 rings (SSSR count). The van der Waals surface area contributed by atoms with E-state index >= 15 is 0 Å². The van der Waals surface area contributed by atoms with Crippen molar-refractivity contribution in [1.82, 2.24) is 9.88 Å². The van der Waals surface area contributed by atoms with Crippen LogP contribution in [-0.4, -0.2) is 52.9 Å². The highest BCUT2D eigenvalue weighted by Gasteiger charge is 2.33. The second-order valence-corrected chi connectivity index (χ2v) is 6.41. The first-order chi connectivity index (χ1) is 9.93. The highest BCUT2D eigenvalue weighted by molar-refractivity contribution is 6.31. The third-order valence-electron chi connectivity index (χ3n) is 3.41. The highest BCUT2D eigenvalue weighted by atomic mass is 35.5. The fourth-order valence-corrected chi connectivity index (χ4v) is 2.88. The minimum atomic E-state index is -0.280. The van der Waals surface area contributed by atoms with Gasteiger partial charge in [0, 0.05) is 26.2 Å². The summed E-state index contributed by atoms with van der Waals surface area (Å²) in [6.45, 7) is 9.07. The lowest BCUT2D eigenvalue weighted by Crippen LogP contribution is -2.53. The zero-order chi connectivity index (χ0) is 15.5. The van der Waals surface area contributed by atoms with Crippen molar-refractivity contribution in [3.63, 3.8) is 0 Å². The molecule has 1 aliphatic rings. The van der Waals surface area contributed by atoms with E-state index < -0.39 is 0 Å². The van der Waals surface area contributed by atoms with Gasteiger partial charge in [-0.05, 0) is 32.9 Å². The van der Waals surface area contributed by atoms with Crippen LogP contribution in [0.15, 0.2) is 12.1 Å². The Labute approximate surface area is 131 Å². The van der Waals surface area contributed by atoms with E-state index in [0.717, 1.165) is 24.6 Å². The van der Waals surface area contributed by atoms with Gasteiger partial charge >= 0.3 is 0 Å². The van der Waals surface area contributed by atoms with Gasteiger partial charge in [-0.2, -0.15) is 0 Å². The van der Waals surface area contributed by atoms with Gasteiger partial charge in [0.05, 0.1) is 29.0 Å². The summed E-state index contributed by atoms with van der Waals surface area (Å²) >= 11 is 6.26. The highest BCUT2D eigenvalue weighted by Crippen LogP contribution is 2.24. The van der Waals surface area contributed by atoms with Gasteiger partial charge in [0.25, 0.3) is 0 Å². The second-order valence-electron chi connectivity index (χ2n) is 6.01. The van der Waals surface area contributed by atoms with Crippen LogP contribution in [0.1, 0.15) is 26.5 Å². The molecule has 5 nitrogen and oxygen atoms in total. The van der Waals surface area contributed by atoms with Crippen molar-refractivity contribution >= 4 is 17.4 Å². The van der Waals surface area contributed by atoms with Crippen LogP contribution in [0.2, 0.25) is 5.02 Å². The van der Waals surface area contributed by atoms with Crippen LogP contribution < -0.4 is 5.32 Å². The number of ether oxygens (including phenoxy) is 1. The van der Waals surface area contributed by atoms with E-state index in [1.807, 2.05) is 32.9 Å². The predicted octanol–water partition coefficient (Wildman–Crippen LogP) is 2.14. The first-order valence-corrected chi connectivity index (χ1v) is 7.71. The lowest BCUT2D eigenvalue weighted by molar-refractivity contribution is -0.150. The zero-order valence-corrected chi connectivity index (χ0v) is 13.7. The number of hydrogen-bond donors (Lipinski definition) is 2. The number of morpholine rings is 1. The fourth-order valence-electron chi connectivity index (χ4n) is 2.72. The molecule has 6 heteroatoms. The summed E-state index contributed by atoms with van der Waals surface area (Å²) in [5, 5.41) is 13.2. The molecule has 1 atom stereocenters. The monoisotopic (exact) mass is 313 g/mol. The normalized spacial score (nSPS) is 22.2. The fraction of sp³-hybridized carbons (Fsp3) is 0.667. The first kappa shape index (κ1) is 16.5. The summed E-state index contributed by atoms with van der Waals surface area (Å²) in [6.07, 6.45) is -0.163. The zero-order valence-electron chi connectivity index (χ0n) is 12.9. The molecule has 0 saturated carbocycles. The van der Waals surface area contributed by atoms with Gasteiger partial charge in [0.15, 0.2) is 0 Å². The molecule has 1 aromatic heterocycles. The third kappa shape index (κ3) is 4.54. The van der Waals surface area contributed by atoms with Crippen molar-refractivity contribution in [2.75, 3.05) is 31.6 Å². The van der Waals surface area contributed by atoms with Gasteiger partial charge < -0.3 is 15.2 Å². The maximum absolute atomic E-state index is 9.37. The Morgan fingerprint density at radius 2 is 2.29 bits per heavy atom. The molecular formula is C15H24ClN3O2. The quantitative estimate of drug-likeness (QED) is 0.872. The van der Waals surface area contributed by atoms with Crippen LogP contribution in [0.4, 0.5) is 5.82 Å². The number of anilines is 1. The van der Waals surface area contributed by atoms with Gasteiger partial charge in [-0.3, -0.25) is 4.90 Å². The second kappa shape index (κ2) is 6.92. The summed E-state index contributed by atoms with van der Waals surface area (Å²) in [6, 6.07) is 3.76. The Bertz CT molecular complexity index is 482. The largest absolute Gasteiger partial charge is 0.394 e. The van der Waals surface area contributed by atoms with E-state index in [1.165, 1.54) is 0 Å². The van der Waals surface area contributed by atoms with Crippen LogP contribution in [0.3, 0.4) is 0 Å². The van der Waals surface area contributed by atoms with Gasteiger partial charge in [-0.25, -0.2) is 4.98 Å². The minimum absolute atomic E-state index is 0.0263. The number of aliphatic hydroxyl groups excluding tert-OH is 1. The Morgan fingerprint density at radius 3 is 2.95 bits per heavy atom. The number of pyridine rings is 1. The summed E-state index contributed by atoms with van der Waals surface area (Å²) < 4.78 is 5.83. The Kier molecular flexibility index (Phi) is 5.43. The van der Waals surface area contributed by atoms with Crippen LogP contribution in [0.5, 0.6) is 0 Å². The standard InChI is InChI=1S/C15H24ClN3O2/c1-4-17-14-6-5-12(16)13(18-14)8-19-7-11(9-20)21-15(2,3)10-19/h5-6,11,20H,4,7-10H2,1-3H3,(H,17,18). The molecule has 1 fully saturated rings. The number of nitrogens with zero attached hydrogens (tertiary/aromatic N) is 2. The van der Waals surface area contributed by atoms with Gasteiger partial charge in [-0.15, -0.1) is 0 Å². The number of halogens is 1. The van der Waals surface area contributed by atoms with E-state index in [0.29, 0.717) is 18.1 Å². The van der Waals surface area contributed by atoms with E-state index in [2.05, 4.69) is 15.2 Å². The summed E-state index contributed by atoms with van der Waals surface area (Å²) in [5.41, 5.74) is 0.571. The summed E-state index contributed by atoms with van der Waals surface area (Å²) in [4.78, 5) is 6.80. The molecule has 2 N–H and O–H groups in total. The maximum atomic E-state index is 9.37. The Hall–Kier alpha value is -0.880. The molecule has 21 heavy (non-hydrogen) atoms. The van der Waals surface area contributed by atoms with Crippen molar-refractivity contribution in [3.05, 3.63) is 22.8 Å². The minimum Gasteiger partial charge on any atom is -0.394 e. The van der Waals surface area contributed by atoms with Crippen LogP contribution in [0.25, 0.3) is 0 Å². The average molecular weight is 314 g/mol. The summed E-state index contributed by atoms with van der Waals surface area (Å²) in [7, 11) is 0. The van der Waals surface area contributed by atoms with Gasteiger partial charge in [0.2, 0.25) is 0 Å². The molecule has 0 spiro atoms. The van der Waals surface area contributed by atoms with Gasteiger partial charge in [-0.1, -0.05) is 11.6 Å². The SMILES string of the molecule is CCNc1ccc(Cl)c(CN2CC(CO)OC(C)(C)C2)n1. The smallest absolute Gasteiger partial charge is 0.126 e. The van der Waals surface area contributed by atoms with E-state index in [9.17, 15) is 5.11 Å². The van der Waals surface area contributed by atoms with E-state index in [-0.39, 0.29) is 18.3 Å². The third-order valence-corrected chi connectivity index (χ3v) is 3.75. The predicted molar refractivity (Wildman–Crippen MR) is 84.7 cm³/mol. The molecule has 0 aromatic carbocycles. The van der Waals surface area contributed by atoms with Crippen molar-refractivity contribution in [2.45, 2.75) is 39.0 Å². The number of rotatable bonds is 5. The van der Waals surface area contributed by atoms with Crippen molar-refractivity contribution in [1.29, 1.82) is 0 Å². The van der Waals surface area contributed by atoms with E-state index in [4.69, 9.17) is 16.3 Å². The molecule has 1 aliphatic heterocycles. The van der Waals surface area contributed by atoms with Gasteiger partial charge in [0.1, 0.15) is 5.82 Å². The van der Waals surface area contributed by atoms with Crippen molar-refractivity contribution < 1.29 is 9.84 Å². The lowest BCUT2D eigenvalue weighted by Gasteiger charge is -2.42. The Morgan fingerprint density at radius 1 is 1.52 bits per heavy atom. The molecular weight excluding hydrogens is 290 g/mol. The average Bonchev–Trinajstić information content (AvgIpc) is 2.41. The number of hydrogen-bond acceptors (Lipinski definition) is 5. The Balaban J connectivity index is 2.11. The molecule has 0 radical (unpaired) electrons. The molecule has 0 amide bonds. The molecule has 1 aromatic rings. The van der Waals surface area contributed by atoms with Crippen LogP contribution >= 0.6 is 11.6 Å². The van der Waals surface area contributed by atoms with Crippen molar-refractivity contribution in [3.8, 4) is 0 Å². The molecule has 0 bridgehead atoms. The topological polar surface area (TPSA) is 57.6 Å².